The normalized spacial score (nSPS) is 10.4. The summed E-state index contributed by atoms with van der Waals surface area (Å²) in [7, 11) is 1.60. The first-order chi connectivity index (χ1) is 7.67. The van der Waals surface area contributed by atoms with E-state index >= 15 is 0 Å². The van der Waals surface area contributed by atoms with Crippen molar-refractivity contribution in [3.05, 3.63) is 29.3 Å². The summed E-state index contributed by atoms with van der Waals surface area (Å²) >= 11 is 0. The van der Waals surface area contributed by atoms with Crippen LogP contribution in [0.25, 0.3) is 0 Å². The molecule has 16 heavy (non-hydrogen) atoms. The molecule has 0 radical (unpaired) electrons. The number of nitrogens with two attached hydrogens (primary N) is 3. The van der Waals surface area contributed by atoms with Gasteiger partial charge in [-0.25, -0.2) is 0 Å². The number of nitrogens with zero attached hydrogens (tertiary/aromatic N) is 2. The maximum atomic E-state index is 5.58. The molecule has 1 rings (SSSR count). The summed E-state index contributed by atoms with van der Waals surface area (Å²) in [6.45, 7) is 0.396. The molecule has 0 aliphatic rings. The molecule has 0 saturated carbocycles. The number of benzene rings is 1. The van der Waals surface area contributed by atoms with E-state index in [1.54, 1.807) is 13.3 Å². The number of guanidine groups is 1. The molecule has 0 spiro atoms. The van der Waals surface area contributed by atoms with Crippen LogP contribution in [0.4, 0.5) is 0 Å². The summed E-state index contributed by atoms with van der Waals surface area (Å²) < 4.78 is 5.14. The van der Waals surface area contributed by atoms with Crippen molar-refractivity contribution in [1.29, 1.82) is 0 Å². The van der Waals surface area contributed by atoms with Gasteiger partial charge < -0.3 is 21.9 Å². The molecule has 0 unspecified atom stereocenters. The van der Waals surface area contributed by atoms with Crippen LogP contribution in [0.15, 0.2) is 28.4 Å². The van der Waals surface area contributed by atoms with E-state index in [1.807, 2.05) is 18.2 Å². The second kappa shape index (κ2) is 5.72. The van der Waals surface area contributed by atoms with Crippen LogP contribution >= 0.6 is 0 Å². The third-order valence-electron chi connectivity index (χ3n) is 1.90. The summed E-state index contributed by atoms with van der Waals surface area (Å²) in [5.41, 5.74) is 17.6. The topological polar surface area (TPSA) is 112 Å². The van der Waals surface area contributed by atoms with Crippen molar-refractivity contribution in [2.45, 2.75) is 6.54 Å². The summed E-state index contributed by atoms with van der Waals surface area (Å²) in [6.07, 6.45) is 1.54. The molecule has 0 atom stereocenters. The van der Waals surface area contributed by atoms with E-state index in [9.17, 15) is 0 Å². The number of methoxy groups -OCH3 is 1. The number of hydrogen-bond donors (Lipinski definition) is 3. The molecule has 0 amide bonds. The molecule has 0 heterocycles. The minimum atomic E-state index is -0.0798. The summed E-state index contributed by atoms with van der Waals surface area (Å²) in [6, 6.07) is 5.52. The largest absolute Gasteiger partial charge is 0.496 e. The second-order valence-corrected chi connectivity index (χ2v) is 3.04. The molecule has 6 N–H and O–H groups in total. The minimum Gasteiger partial charge on any atom is -0.496 e. The van der Waals surface area contributed by atoms with E-state index in [2.05, 4.69) is 10.2 Å². The van der Waals surface area contributed by atoms with Gasteiger partial charge in [0.15, 0.2) is 0 Å². The summed E-state index contributed by atoms with van der Waals surface area (Å²) in [5, 5.41) is 7.20. The Labute approximate surface area is 93.8 Å². The fourth-order valence-corrected chi connectivity index (χ4v) is 1.20. The van der Waals surface area contributed by atoms with E-state index in [1.165, 1.54) is 0 Å². The number of ether oxygens (including phenoxy) is 1. The molecule has 6 nitrogen and oxygen atoms in total. The van der Waals surface area contributed by atoms with Gasteiger partial charge in [-0.3, -0.25) is 0 Å². The van der Waals surface area contributed by atoms with Crippen molar-refractivity contribution < 1.29 is 4.74 Å². The van der Waals surface area contributed by atoms with Crippen LogP contribution in [-0.2, 0) is 6.54 Å². The van der Waals surface area contributed by atoms with Crippen molar-refractivity contribution >= 4 is 12.2 Å². The number of hydrogen-bond acceptors (Lipinski definition) is 4. The molecule has 6 heteroatoms. The average Bonchev–Trinajstić information content (AvgIpc) is 2.28. The fraction of sp³-hybridized carbons (Fsp3) is 0.200. The van der Waals surface area contributed by atoms with E-state index in [4.69, 9.17) is 21.9 Å². The van der Waals surface area contributed by atoms with Crippen LogP contribution < -0.4 is 21.9 Å². The Hall–Kier alpha value is -2.08. The van der Waals surface area contributed by atoms with Crippen molar-refractivity contribution in [2.75, 3.05) is 7.11 Å². The van der Waals surface area contributed by atoms with Gasteiger partial charge in [-0.05, 0) is 23.8 Å². The molecule has 0 aromatic heterocycles. The SMILES string of the molecule is COc1ccc(C=NN=C(N)N)cc1CN. The predicted octanol–water partition coefficient (Wildman–Crippen LogP) is -0.239. The Bertz CT molecular complexity index is 410. The van der Waals surface area contributed by atoms with Gasteiger partial charge in [-0.15, -0.1) is 5.10 Å². The highest BCUT2D eigenvalue weighted by Crippen LogP contribution is 2.18. The fourth-order valence-electron chi connectivity index (χ4n) is 1.20. The lowest BCUT2D eigenvalue weighted by Crippen LogP contribution is -2.21. The Morgan fingerprint density at radius 1 is 1.44 bits per heavy atom. The molecule has 86 valence electrons. The Kier molecular flexibility index (Phi) is 4.28. The third kappa shape index (κ3) is 3.25. The van der Waals surface area contributed by atoms with Crippen molar-refractivity contribution in [1.82, 2.24) is 0 Å². The predicted molar refractivity (Wildman–Crippen MR) is 64.3 cm³/mol. The maximum Gasteiger partial charge on any atom is 0.211 e. The van der Waals surface area contributed by atoms with E-state index in [0.29, 0.717) is 6.54 Å². The molecule has 1 aromatic rings. The van der Waals surface area contributed by atoms with Gasteiger partial charge in [0, 0.05) is 12.1 Å². The Morgan fingerprint density at radius 2 is 2.19 bits per heavy atom. The summed E-state index contributed by atoms with van der Waals surface area (Å²) in [4.78, 5) is 0. The summed E-state index contributed by atoms with van der Waals surface area (Å²) in [5.74, 6) is 0.672. The van der Waals surface area contributed by atoms with Gasteiger partial charge in [-0.1, -0.05) is 0 Å². The molecule has 0 saturated heterocycles. The molecule has 0 aliphatic carbocycles. The molecule has 0 bridgehead atoms. The monoisotopic (exact) mass is 221 g/mol. The smallest absolute Gasteiger partial charge is 0.211 e. The highest BCUT2D eigenvalue weighted by Gasteiger charge is 2.00. The highest BCUT2D eigenvalue weighted by molar-refractivity contribution is 5.82. The molecular weight excluding hydrogens is 206 g/mol. The lowest BCUT2D eigenvalue weighted by Gasteiger charge is -2.06. The van der Waals surface area contributed by atoms with Crippen molar-refractivity contribution in [3.8, 4) is 5.75 Å². The lowest BCUT2D eigenvalue weighted by molar-refractivity contribution is 0.410. The van der Waals surface area contributed by atoms with Gasteiger partial charge in [0.05, 0.1) is 13.3 Å². The first kappa shape index (κ1) is 12.0. The standard InChI is InChI=1S/C10H15N5O/c1-16-9-3-2-7(4-8(9)5-11)6-14-15-10(12)13/h2-4,6H,5,11H2,1H3,(H4,12,13,15). The Balaban J connectivity index is 2.91. The van der Waals surface area contributed by atoms with Crippen molar-refractivity contribution in [2.24, 2.45) is 27.4 Å². The van der Waals surface area contributed by atoms with Crippen LogP contribution in [0, 0.1) is 0 Å². The van der Waals surface area contributed by atoms with Crippen molar-refractivity contribution in [3.63, 3.8) is 0 Å². The third-order valence-corrected chi connectivity index (χ3v) is 1.90. The van der Waals surface area contributed by atoms with Gasteiger partial charge in [-0.2, -0.15) is 5.10 Å². The van der Waals surface area contributed by atoms with Gasteiger partial charge in [0.2, 0.25) is 5.96 Å². The minimum absolute atomic E-state index is 0.0798. The first-order valence-corrected chi connectivity index (χ1v) is 4.66. The van der Waals surface area contributed by atoms with Gasteiger partial charge in [0.1, 0.15) is 5.75 Å². The first-order valence-electron chi connectivity index (χ1n) is 4.66. The van der Waals surface area contributed by atoms with Gasteiger partial charge >= 0.3 is 0 Å². The van der Waals surface area contributed by atoms with Gasteiger partial charge in [0.25, 0.3) is 0 Å². The molecular formula is C10H15N5O. The molecule has 1 aromatic carbocycles. The van der Waals surface area contributed by atoms with Crippen LogP contribution in [0.1, 0.15) is 11.1 Å². The Morgan fingerprint density at radius 3 is 2.75 bits per heavy atom. The molecule has 0 fully saturated rings. The van der Waals surface area contributed by atoms with Crippen LogP contribution in [0.3, 0.4) is 0 Å². The average molecular weight is 221 g/mol. The van der Waals surface area contributed by atoms with Crippen LogP contribution in [0.2, 0.25) is 0 Å². The van der Waals surface area contributed by atoms with E-state index in [0.717, 1.165) is 16.9 Å². The number of rotatable bonds is 4. The van der Waals surface area contributed by atoms with E-state index in [-0.39, 0.29) is 5.96 Å². The zero-order chi connectivity index (χ0) is 12.0. The molecule has 0 aliphatic heterocycles. The quantitative estimate of drug-likeness (QED) is 0.370. The highest BCUT2D eigenvalue weighted by atomic mass is 16.5. The van der Waals surface area contributed by atoms with E-state index < -0.39 is 0 Å². The maximum absolute atomic E-state index is 5.58. The second-order valence-electron chi connectivity index (χ2n) is 3.04. The van der Waals surface area contributed by atoms with Crippen LogP contribution in [-0.4, -0.2) is 19.3 Å². The van der Waals surface area contributed by atoms with Crippen LogP contribution in [0.5, 0.6) is 5.75 Å². The zero-order valence-corrected chi connectivity index (χ0v) is 9.05. The zero-order valence-electron chi connectivity index (χ0n) is 9.05. The lowest BCUT2D eigenvalue weighted by atomic mass is 10.1.